The SMILES string of the molecule is CSc1ccccc1C1(O)c2cc(C)ccc2Oc2ccc(C)cc21. The number of hydrogen-bond donors (Lipinski definition) is 1. The van der Waals surface area contributed by atoms with Gasteiger partial charge in [0.15, 0.2) is 0 Å². The highest BCUT2D eigenvalue weighted by Crippen LogP contribution is 2.52. The van der Waals surface area contributed by atoms with Crippen molar-refractivity contribution in [3.05, 3.63) is 88.5 Å². The second-order valence-electron chi connectivity index (χ2n) is 6.51. The first-order valence-corrected chi connectivity index (χ1v) is 9.52. The van der Waals surface area contributed by atoms with E-state index in [9.17, 15) is 5.11 Å². The minimum atomic E-state index is -1.24. The van der Waals surface area contributed by atoms with Crippen LogP contribution in [0.4, 0.5) is 0 Å². The smallest absolute Gasteiger partial charge is 0.148 e. The van der Waals surface area contributed by atoms with Crippen LogP contribution in [0.25, 0.3) is 0 Å². The Labute approximate surface area is 152 Å². The lowest BCUT2D eigenvalue weighted by molar-refractivity contribution is 0.110. The van der Waals surface area contributed by atoms with Gasteiger partial charge in [0.05, 0.1) is 0 Å². The summed E-state index contributed by atoms with van der Waals surface area (Å²) in [6.45, 7) is 4.07. The minimum absolute atomic E-state index is 0.709. The van der Waals surface area contributed by atoms with Gasteiger partial charge in [-0.15, -0.1) is 11.8 Å². The minimum Gasteiger partial charge on any atom is -0.457 e. The topological polar surface area (TPSA) is 29.5 Å². The Bertz CT molecular complexity index is 910. The molecule has 2 nitrogen and oxygen atoms in total. The highest BCUT2D eigenvalue weighted by Gasteiger charge is 2.43. The highest BCUT2D eigenvalue weighted by molar-refractivity contribution is 7.98. The van der Waals surface area contributed by atoms with Crippen molar-refractivity contribution in [1.29, 1.82) is 0 Å². The molecule has 3 aromatic rings. The van der Waals surface area contributed by atoms with Crippen molar-refractivity contribution in [1.82, 2.24) is 0 Å². The van der Waals surface area contributed by atoms with Gasteiger partial charge in [-0.2, -0.15) is 0 Å². The molecule has 1 aliphatic rings. The molecule has 4 rings (SSSR count). The van der Waals surface area contributed by atoms with E-state index in [2.05, 4.69) is 6.07 Å². The molecule has 0 saturated heterocycles. The van der Waals surface area contributed by atoms with Gasteiger partial charge in [0.25, 0.3) is 0 Å². The predicted octanol–water partition coefficient (Wildman–Crippen LogP) is 5.42. The first-order chi connectivity index (χ1) is 12.0. The number of fused-ring (bicyclic) bond motifs is 2. The lowest BCUT2D eigenvalue weighted by atomic mass is 9.77. The molecule has 0 saturated carbocycles. The molecule has 126 valence electrons. The Balaban J connectivity index is 2.10. The number of benzene rings is 3. The van der Waals surface area contributed by atoms with Gasteiger partial charge in [-0.1, -0.05) is 41.5 Å². The van der Waals surface area contributed by atoms with E-state index in [0.717, 1.165) is 32.7 Å². The third kappa shape index (κ3) is 2.46. The maximum absolute atomic E-state index is 12.1. The van der Waals surface area contributed by atoms with Gasteiger partial charge in [-0.25, -0.2) is 0 Å². The molecule has 3 aromatic carbocycles. The van der Waals surface area contributed by atoms with Gasteiger partial charge in [0.1, 0.15) is 17.1 Å². The van der Waals surface area contributed by atoms with Crippen LogP contribution in [0.1, 0.15) is 27.8 Å². The normalized spacial score (nSPS) is 14.4. The second-order valence-corrected chi connectivity index (χ2v) is 7.36. The second kappa shape index (κ2) is 5.94. The molecule has 3 heteroatoms. The molecule has 0 fully saturated rings. The van der Waals surface area contributed by atoms with E-state index in [4.69, 9.17) is 4.74 Å². The zero-order valence-electron chi connectivity index (χ0n) is 14.5. The number of thioether (sulfide) groups is 1. The van der Waals surface area contributed by atoms with Gasteiger partial charge in [-0.05, 0) is 50.4 Å². The van der Waals surface area contributed by atoms with Crippen molar-refractivity contribution < 1.29 is 9.84 Å². The quantitative estimate of drug-likeness (QED) is 0.628. The van der Waals surface area contributed by atoms with E-state index in [1.807, 2.05) is 74.7 Å². The molecule has 0 spiro atoms. The Kier molecular flexibility index (Phi) is 3.86. The average Bonchev–Trinajstić information content (AvgIpc) is 2.63. The molecule has 0 atom stereocenters. The Hall–Kier alpha value is -2.23. The van der Waals surface area contributed by atoms with Crippen molar-refractivity contribution >= 4 is 11.8 Å². The molecule has 0 unspecified atom stereocenters. The number of aliphatic hydroxyl groups is 1. The number of rotatable bonds is 2. The Morgan fingerprint density at radius 1 is 0.800 bits per heavy atom. The maximum Gasteiger partial charge on any atom is 0.148 e. The summed E-state index contributed by atoms with van der Waals surface area (Å²) in [6.07, 6.45) is 2.04. The number of aryl methyl sites for hydroxylation is 2. The van der Waals surface area contributed by atoms with Crippen LogP contribution in [0, 0.1) is 13.8 Å². The zero-order valence-corrected chi connectivity index (χ0v) is 15.4. The summed E-state index contributed by atoms with van der Waals surface area (Å²) in [7, 11) is 0. The largest absolute Gasteiger partial charge is 0.457 e. The van der Waals surface area contributed by atoms with Crippen LogP contribution in [0.3, 0.4) is 0 Å². The van der Waals surface area contributed by atoms with Crippen LogP contribution >= 0.6 is 11.8 Å². The standard InChI is InChI=1S/C22H20O2S/c1-14-8-10-19-17(12-14)22(23,16-6-4-5-7-21(16)25-3)18-13-15(2)9-11-20(18)24-19/h4-13,23H,1-3H3. The first-order valence-electron chi connectivity index (χ1n) is 8.30. The summed E-state index contributed by atoms with van der Waals surface area (Å²) in [4.78, 5) is 1.06. The number of ether oxygens (including phenoxy) is 1. The van der Waals surface area contributed by atoms with E-state index < -0.39 is 5.60 Å². The molecular formula is C22H20O2S. The van der Waals surface area contributed by atoms with Crippen LogP contribution in [0.15, 0.2) is 65.6 Å². The molecule has 0 aliphatic carbocycles. The van der Waals surface area contributed by atoms with E-state index in [1.54, 1.807) is 11.8 Å². The van der Waals surface area contributed by atoms with Crippen molar-refractivity contribution in [2.75, 3.05) is 6.26 Å². The Morgan fingerprint density at radius 3 is 1.92 bits per heavy atom. The first kappa shape index (κ1) is 16.2. The zero-order chi connectivity index (χ0) is 17.6. The third-order valence-electron chi connectivity index (χ3n) is 4.77. The van der Waals surface area contributed by atoms with Gasteiger partial charge in [0, 0.05) is 21.6 Å². The summed E-state index contributed by atoms with van der Waals surface area (Å²) in [5, 5.41) is 12.1. The lowest BCUT2D eigenvalue weighted by Gasteiger charge is -2.37. The van der Waals surface area contributed by atoms with E-state index in [-0.39, 0.29) is 0 Å². The molecule has 0 bridgehead atoms. The summed E-state index contributed by atoms with van der Waals surface area (Å²) >= 11 is 1.64. The van der Waals surface area contributed by atoms with Crippen molar-refractivity contribution in [3.8, 4) is 11.5 Å². The van der Waals surface area contributed by atoms with Crippen molar-refractivity contribution in [3.63, 3.8) is 0 Å². The molecular weight excluding hydrogens is 328 g/mol. The molecule has 1 N–H and O–H groups in total. The Morgan fingerprint density at radius 2 is 1.36 bits per heavy atom. The molecule has 1 heterocycles. The molecule has 0 amide bonds. The molecule has 25 heavy (non-hydrogen) atoms. The van der Waals surface area contributed by atoms with Gasteiger partial charge in [0.2, 0.25) is 0 Å². The average molecular weight is 348 g/mol. The highest BCUT2D eigenvalue weighted by atomic mass is 32.2. The molecule has 1 aliphatic heterocycles. The van der Waals surface area contributed by atoms with E-state index in [1.165, 1.54) is 0 Å². The number of hydrogen-bond acceptors (Lipinski definition) is 3. The van der Waals surface area contributed by atoms with Crippen LogP contribution in [-0.4, -0.2) is 11.4 Å². The van der Waals surface area contributed by atoms with Crippen molar-refractivity contribution in [2.24, 2.45) is 0 Å². The fourth-order valence-corrected chi connectivity index (χ4v) is 4.18. The monoisotopic (exact) mass is 348 g/mol. The third-order valence-corrected chi connectivity index (χ3v) is 5.56. The molecule has 0 radical (unpaired) electrons. The summed E-state index contributed by atoms with van der Waals surface area (Å²) in [6, 6.07) is 20.0. The van der Waals surface area contributed by atoms with Gasteiger partial charge in [-0.3, -0.25) is 0 Å². The van der Waals surface area contributed by atoms with Crippen LogP contribution in [-0.2, 0) is 5.60 Å². The fraction of sp³-hybridized carbons (Fsp3) is 0.182. The summed E-state index contributed by atoms with van der Waals surface area (Å²) in [5.74, 6) is 1.42. The van der Waals surface area contributed by atoms with Gasteiger partial charge < -0.3 is 9.84 Å². The van der Waals surface area contributed by atoms with Crippen LogP contribution in [0.5, 0.6) is 11.5 Å². The van der Waals surface area contributed by atoms with Crippen LogP contribution < -0.4 is 4.74 Å². The van der Waals surface area contributed by atoms with Gasteiger partial charge >= 0.3 is 0 Å². The lowest BCUT2D eigenvalue weighted by Crippen LogP contribution is -2.33. The van der Waals surface area contributed by atoms with E-state index in [0.29, 0.717) is 11.5 Å². The van der Waals surface area contributed by atoms with E-state index >= 15 is 0 Å². The fourth-order valence-electron chi connectivity index (χ4n) is 3.53. The van der Waals surface area contributed by atoms with Crippen molar-refractivity contribution in [2.45, 2.75) is 24.3 Å². The molecule has 0 aromatic heterocycles. The summed E-state index contributed by atoms with van der Waals surface area (Å²) in [5.41, 5.74) is 3.45. The predicted molar refractivity (Wildman–Crippen MR) is 103 cm³/mol. The summed E-state index contributed by atoms with van der Waals surface area (Å²) < 4.78 is 6.11. The maximum atomic E-state index is 12.1. The van der Waals surface area contributed by atoms with Crippen LogP contribution in [0.2, 0.25) is 0 Å².